The van der Waals surface area contributed by atoms with Crippen LogP contribution in [0.15, 0.2) is 61.1 Å². The van der Waals surface area contributed by atoms with Crippen LogP contribution in [-0.2, 0) is 32.4 Å². The van der Waals surface area contributed by atoms with Crippen LogP contribution in [0.1, 0.15) is 44.2 Å². The Morgan fingerprint density at radius 2 is 1.54 bits per heavy atom. The number of aryl methyl sites for hydroxylation is 1. The van der Waals surface area contributed by atoms with E-state index in [2.05, 4.69) is 36.2 Å². The van der Waals surface area contributed by atoms with Crippen LogP contribution in [0.25, 0.3) is 0 Å². The molecule has 0 spiro atoms. The molecular formula is C24H23F4N9O2. The SMILES string of the molecule is O=C(NCc1ccccc1)c1cn(CCC(F)Cn2cc(C(=O)NCc3cc(C(F)(F)F)ccn3)nn2)nn1. The molecule has 15 heteroatoms. The number of hydrogen-bond acceptors (Lipinski definition) is 7. The van der Waals surface area contributed by atoms with Crippen molar-refractivity contribution in [2.75, 3.05) is 0 Å². The fraction of sp³-hybridized carbons (Fsp3) is 0.292. The minimum absolute atomic E-state index is 0.0133. The van der Waals surface area contributed by atoms with Gasteiger partial charge in [-0.3, -0.25) is 19.3 Å². The van der Waals surface area contributed by atoms with Gasteiger partial charge in [0.2, 0.25) is 0 Å². The number of nitrogens with one attached hydrogen (secondary N) is 2. The average Bonchev–Trinajstić information content (AvgIpc) is 3.60. The number of carbonyl (C=O) groups is 2. The molecule has 2 N–H and O–H groups in total. The van der Waals surface area contributed by atoms with E-state index in [-0.39, 0.29) is 43.1 Å². The number of rotatable bonds is 11. The minimum atomic E-state index is -4.53. The number of carbonyl (C=O) groups excluding carboxylic acids is 2. The van der Waals surface area contributed by atoms with E-state index in [1.165, 1.54) is 17.1 Å². The molecular weight excluding hydrogens is 522 g/mol. The van der Waals surface area contributed by atoms with Gasteiger partial charge in [-0.1, -0.05) is 40.8 Å². The molecule has 1 atom stereocenters. The Morgan fingerprint density at radius 3 is 2.23 bits per heavy atom. The van der Waals surface area contributed by atoms with Gasteiger partial charge in [-0.2, -0.15) is 13.2 Å². The number of pyridine rings is 1. The van der Waals surface area contributed by atoms with Crippen molar-refractivity contribution in [3.63, 3.8) is 0 Å². The van der Waals surface area contributed by atoms with Gasteiger partial charge >= 0.3 is 6.18 Å². The van der Waals surface area contributed by atoms with Gasteiger partial charge in [-0.05, 0) is 17.7 Å². The second-order valence-electron chi connectivity index (χ2n) is 8.46. The molecule has 4 rings (SSSR count). The largest absolute Gasteiger partial charge is 0.416 e. The Labute approximate surface area is 219 Å². The summed E-state index contributed by atoms with van der Waals surface area (Å²) >= 11 is 0. The highest BCUT2D eigenvalue weighted by atomic mass is 19.4. The maximum absolute atomic E-state index is 14.5. The van der Waals surface area contributed by atoms with E-state index in [9.17, 15) is 27.2 Å². The highest BCUT2D eigenvalue weighted by Gasteiger charge is 2.30. The van der Waals surface area contributed by atoms with Gasteiger partial charge in [0, 0.05) is 25.7 Å². The highest BCUT2D eigenvalue weighted by Crippen LogP contribution is 2.28. The van der Waals surface area contributed by atoms with E-state index < -0.39 is 29.7 Å². The van der Waals surface area contributed by atoms with Crippen LogP contribution < -0.4 is 10.6 Å². The quantitative estimate of drug-likeness (QED) is 0.277. The third-order valence-electron chi connectivity index (χ3n) is 5.47. The summed E-state index contributed by atoms with van der Waals surface area (Å²) in [5.74, 6) is -1.10. The Bertz CT molecular complexity index is 1410. The molecule has 0 saturated carbocycles. The lowest BCUT2D eigenvalue weighted by Gasteiger charge is -2.08. The molecule has 204 valence electrons. The van der Waals surface area contributed by atoms with E-state index in [1.807, 2.05) is 30.3 Å². The number of aromatic nitrogens is 7. The monoisotopic (exact) mass is 545 g/mol. The van der Waals surface area contributed by atoms with Crippen LogP contribution in [0.5, 0.6) is 0 Å². The first-order chi connectivity index (χ1) is 18.7. The average molecular weight is 546 g/mol. The topological polar surface area (TPSA) is 133 Å². The molecule has 11 nitrogen and oxygen atoms in total. The third-order valence-corrected chi connectivity index (χ3v) is 5.47. The van der Waals surface area contributed by atoms with Gasteiger partial charge in [-0.15, -0.1) is 10.2 Å². The Kier molecular flexibility index (Phi) is 8.58. The molecule has 0 radical (unpaired) electrons. The smallest absolute Gasteiger partial charge is 0.347 e. The fourth-order valence-corrected chi connectivity index (χ4v) is 3.45. The number of benzene rings is 1. The number of amides is 2. The lowest BCUT2D eigenvalue weighted by molar-refractivity contribution is -0.137. The normalized spacial score (nSPS) is 12.2. The van der Waals surface area contributed by atoms with Gasteiger partial charge in [0.05, 0.1) is 36.7 Å². The molecule has 3 heterocycles. The van der Waals surface area contributed by atoms with Crippen molar-refractivity contribution < 1.29 is 27.2 Å². The zero-order valence-corrected chi connectivity index (χ0v) is 20.3. The second kappa shape index (κ2) is 12.2. The summed E-state index contributed by atoms with van der Waals surface area (Å²) in [4.78, 5) is 28.3. The first kappa shape index (κ1) is 27.3. The summed E-state index contributed by atoms with van der Waals surface area (Å²) < 4.78 is 55.5. The van der Waals surface area contributed by atoms with Gasteiger partial charge in [-0.25, -0.2) is 9.07 Å². The predicted octanol–water partition coefficient (Wildman–Crippen LogP) is 2.57. The summed E-state index contributed by atoms with van der Waals surface area (Å²) in [7, 11) is 0. The number of halogens is 4. The molecule has 1 aromatic carbocycles. The van der Waals surface area contributed by atoms with E-state index in [0.717, 1.165) is 28.6 Å². The summed E-state index contributed by atoms with van der Waals surface area (Å²) in [5, 5.41) is 20.2. The van der Waals surface area contributed by atoms with Crippen LogP contribution in [0, 0.1) is 0 Å². The zero-order chi connectivity index (χ0) is 27.8. The second-order valence-corrected chi connectivity index (χ2v) is 8.46. The van der Waals surface area contributed by atoms with Crippen LogP contribution in [-0.4, -0.2) is 53.0 Å². The highest BCUT2D eigenvalue weighted by molar-refractivity contribution is 5.92. The fourth-order valence-electron chi connectivity index (χ4n) is 3.45. The molecule has 0 aliphatic rings. The Hall–Kier alpha value is -4.69. The predicted molar refractivity (Wildman–Crippen MR) is 128 cm³/mol. The maximum Gasteiger partial charge on any atom is 0.416 e. The van der Waals surface area contributed by atoms with Crippen LogP contribution in [0.4, 0.5) is 17.6 Å². The molecule has 0 aliphatic heterocycles. The summed E-state index contributed by atoms with van der Waals surface area (Å²) in [6, 6.07) is 11.0. The molecule has 3 aromatic heterocycles. The molecule has 4 aromatic rings. The molecule has 2 amide bonds. The lowest BCUT2D eigenvalue weighted by Crippen LogP contribution is -2.24. The van der Waals surface area contributed by atoms with Gasteiger partial charge in [0.15, 0.2) is 11.4 Å². The molecule has 0 saturated heterocycles. The van der Waals surface area contributed by atoms with Gasteiger partial charge < -0.3 is 10.6 Å². The summed E-state index contributed by atoms with van der Waals surface area (Å²) in [6.45, 7) is 0.0192. The van der Waals surface area contributed by atoms with Crippen molar-refractivity contribution in [1.82, 2.24) is 45.6 Å². The Morgan fingerprint density at radius 1 is 0.897 bits per heavy atom. The number of nitrogens with zero attached hydrogens (tertiary/aromatic N) is 7. The van der Waals surface area contributed by atoms with E-state index >= 15 is 0 Å². The van der Waals surface area contributed by atoms with Crippen molar-refractivity contribution in [1.29, 1.82) is 0 Å². The van der Waals surface area contributed by atoms with Gasteiger partial charge in [0.1, 0.15) is 6.17 Å². The molecule has 39 heavy (non-hydrogen) atoms. The standard InChI is InChI=1S/C24H23F4N9O2/c25-18(7-9-36-14-20(32-34-36)22(38)30-11-16-4-2-1-3-5-16)13-37-15-21(33-35-37)23(39)31-12-19-10-17(6-8-29-19)24(26,27)28/h1-6,8,10,14-15,18H,7,9,11-13H2,(H,30,38)(H,31,39). The van der Waals surface area contributed by atoms with Crippen LogP contribution in [0.3, 0.4) is 0 Å². The van der Waals surface area contributed by atoms with Crippen molar-refractivity contribution >= 4 is 11.8 Å². The van der Waals surface area contributed by atoms with Crippen molar-refractivity contribution in [2.24, 2.45) is 0 Å². The van der Waals surface area contributed by atoms with Crippen molar-refractivity contribution in [3.05, 3.63) is 89.3 Å². The van der Waals surface area contributed by atoms with Crippen molar-refractivity contribution in [2.45, 2.75) is 44.9 Å². The molecule has 0 fully saturated rings. The van der Waals surface area contributed by atoms with Gasteiger partial charge in [0.25, 0.3) is 11.8 Å². The third kappa shape index (κ3) is 7.90. The number of alkyl halides is 4. The van der Waals surface area contributed by atoms with E-state index in [4.69, 9.17) is 0 Å². The van der Waals surface area contributed by atoms with Crippen LogP contribution >= 0.6 is 0 Å². The molecule has 0 aliphatic carbocycles. The minimum Gasteiger partial charge on any atom is -0.347 e. The Balaban J connectivity index is 1.21. The van der Waals surface area contributed by atoms with E-state index in [1.54, 1.807) is 0 Å². The van der Waals surface area contributed by atoms with E-state index in [0.29, 0.717) is 6.54 Å². The zero-order valence-electron chi connectivity index (χ0n) is 20.3. The summed E-state index contributed by atoms with van der Waals surface area (Å²) in [5.41, 5.74) is 0.0413. The first-order valence-electron chi connectivity index (χ1n) is 11.7. The maximum atomic E-state index is 14.5. The molecule has 1 unspecified atom stereocenters. The number of hydrogen-bond donors (Lipinski definition) is 2. The van der Waals surface area contributed by atoms with Crippen LogP contribution in [0.2, 0.25) is 0 Å². The van der Waals surface area contributed by atoms with Crippen molar-refractivity contribution in [3.8, 4) is 0 Å². The molecule has 0 bridgehead atoms. The lowest BCUT2D eigenvalue weighted by atomic mass is 10.2. The summed E-state index contributed by atoms with van der Waals surface area (Å²) in [6.07, 6.45) is -2.23. The first-order valence-corrected chi connectivity index (χ1v) is 11.7.